The van der Waals surface area contributed by atoms with Gasteiger partial charge >= 0.3 is 10.4 Å². The van der Waals surface area contributed by atoms with Crippen molar-refractivity contribution in [1.29, 1.82) is 0 Å². The topological polar surface area (TPSA) is 101 Å². The molecular weight excluding hydrogens is 452 g/mol. The largest absolute Gasteiger partial charge is 0.397 e. The lowest BCUT2D eigenvalue weighted by Crippen LogP contribution is -2.52. The predicted octanol–water partition coefficient (Wildman–Crippen LogP) is 5.14. The SMILES string of the molecule is CC(/C=C/C[C@@H](C)[C@H]1CC[C@H]2C3=CC(=O)[C@H]4C[C@H](O)CC[C@]4(C)[C@H]3CC[C@]12C)COS(=O)(=O)O. The van der Waals surface area contributed by atoms with E-state index in [1.807, 2.05) is 19.1 Å². The van der Waals surface area contributed by atoms with Crippen LogP contribution in [0.3, 0.4) is 0 Å². The highest BCUT2D eigenvalue weighted by molar-refractivity contribution is 7.80. The monoisotopic (exact) mass is 494 g/mol. The third kappa shape index (κ3) is 4.82. The molecule has 4 aliphatic rings. The Labute approximate surface area is 205 Å². The maximum atomic E-state index is 13.2. The van der Waals surface area contributed by atoms with Gasteiger partial charge in [0.05, 0.1) is 12.7 Å². The molecule has 0 aromatic rings. The van der Waals surface area contributed by atoms with E-state index in [2.05, 4.69) is 31.0 Å². The minimum Gasteiger partial charge on any atom is -0.393 e. The predicted molar refractivity (Wildman–Crippen MR) is 131 cm³/mol. The van der Waals surface area contributed by atoms with Gasteiger partial charge in [-0.05, 0) is 97.9 Å². The lowest BCUT2D eigenvalue weighted by molar-refractivity contribution is -0.132. The van der Waals surface area contributed by atoms with Gasteiger partial charge in [0.1, 0.15) is 0 Å². The number of allylic oxidation sites excluding steroid dienone is 3. The Balaban J connectivity index is 1.45. The number of hydrogen-bond acceptors (Lipinski definition) is 5. The van der Waals surface area contributed by atoms with Gasteiger partial charge in [-0.15, -0.1) is 0 Å². The molecule has 0 aromatic carbocycles. The van der Waals surface area contributed by atoms with E-state index >= 15 is 0 Å². The van der Waals surface area contributed by atoms with Gasteiger partial charge < -0.3 is 5.11 Å². The third-order valence-corrected chi connectivity index (χ3v) is 10.5. The Kier molecular flexibility index (Phi) is 7.24. The summed E-state index contributed by atoms with van der Waals surface area (Å²) in [4.78, 5) is 13.2. The van der Waals surface area contributed by atoms with E-state index in [9.17, 15) is 18.3 Å². The van der Waals surface area contributed by atoms with E-state index in [0.29, 0.717) is 30.1 Å². The molecule has 1 unspecified atom stereocenters. The average Bonchev–Trinajstić information content (AvgIpc) is 3.10. The summed E-state index contributed by atoms with van der Waals surface area (Å²) in [7, 11) is -4.40. The van der Waals surface area contributed by atoms with Crippen molar-refractivity contribution in [2.24, 2.45) is 46.3 Å². The van der Waals surface area contributed by atoms with E-state index in [1.165, 1.54) is 18.4 Å². The third-order valence-electron chi connectivity index (χ3n) is 10.1. The molecule has 2 N–H and O–H groups in total. The molecule has 7 heteroatoms. The smallest absolute Gasteiger partial charge is 0.393 e. The van der Waals surface area contributed by atoms with Crippen molar-refractivity contribution in [3.05, 3.63) is 23.8 Å². The Morgan fingerprint density at radius 3 is 2.47 bits per heavy atom. The lowest BCUT2D eigenvalue weighted by Gasteiger charge is -2.57. The zero-order valence-electron chi connectivity index (χ0n) is 21.1. The van der Waals surface area contributed by atoms with Gasteiger partial charge in [-0.3, -0.25) is 9.35 Å². The Morgan fingerprint density at radius 2 is 1.76 bits per heavy atom. The first-order valence-corrected chi connectivity index (χ1v) is 14.4. The van der Waals surface area contributed by atoms with E-state index in [-0.39, 0.29) is 41.2 Å². The second kappa shape index (κ2) is 9.45. The minimum absolute atomic E-state index is 0.00553. The number of hydrogen-bond donors (Lipinski definition) is 2. The molecule has 0 radical (unpaired) electrons. The van der Waals surface area contributed by atoms with Crippen molar-refractivity contribution in [3.8, 4) is 0 Å². The van der Waals surface area contributed by atoms with Crippen molar-refractivity contribution < 1.29 is 27.1 Å². The van der Waals surface area contributed by atoms with Gasteiger partial charge in [-0.1, -0.05) is 45.4 Å². The maximum absolute atomic E-state index is 13.2. The van der Waals surface area contributed by atoms with Gasteiger partial charge in [-0.25, -0.2) is 4.18 Å². The van der Waals surface area contributed by atoms with Crippen LogP contribution in [-0.2, 0) is 19.4 Å². The van der Waals surface area contributed by atoms with Gasteiger partial charge in [0.25, 0.3) is 0 Å². The van der Waals surface area contributed by atoms with Crippen LogP contribution in [0.15, 0.2) is 23.8 Å². The van der Waals surface area contributed by atoms with Crippen molar-refractivity contribution >= 4 is 16.2 Å². The van der Waals surface area contributed by atoms with Crippen molar-refractivity contribution in [2.45, 2.75) is 85.2 Å². The summed E-state index contributed by atoms with van der Waals surface area (Å²) >= 11 is 0. The molecule has 0 aliphatic heterocycles. The molecule has 0 heterocycles. The van der Waals surface area contributed by atoms with Crippen LogP contribution >= 0.6 is 0 Å². The summed E-state index contributed by atoms with van der Waals surface area (Å²) in [6.45, 7) is 8.88. The molecule has 192 valence electrons. The molecule has 0 aromatic heterocycles. The van der Waals surface area contributed by atoms with Crippen molar-refractivity contribution in [1.82, 2.24) is 0 Å². The quantitative estimate of drug-likeness (QED) is 0.375. The second-order valence-electron chi connectivity index (χ2n) is 12.2. The van der Waals surface area contributed by atoms with E-state index in [1.54, 1.807) is 0 Å². The summed E-state index contributed by atoms with van der Waals surface area (Å²) in [6, 6.07) is 0. The van der Waals surface area contributed by atoms with Crippen molar-refractivity contribution in [3.63, 3.8) is 0 Å². The average molecular weight is 495 g/mol. The molecule has 0 amide bonds. The van der Waals surface area contributed by atoms with Crippen LogP contribution in [0.5, 0.6) is 0 Å². The Bertz CT molecular complexity index is 954. The van der Waals surface area contributed by atoms with Crippen molar-refractivity contribution in [2.75, 3.05) is 6.61 Å². The molecule has 4 rings (SSSR count). The highest BCUT2D eigenvalue weighted by Gasteiger charge is 2.59. The first-order chi connectivity index (χ1) is 15.8. The number of aliphatic hydroxyl groups excluding tert-OH is 1. The van der Waals surface area contributed by atoms with Gasteiger partial charge in [0.15, 0.2) is 5.78 Å². The highest BCUT2D eigenvalue weighted by Crippen LogP contribution is 2.66. The van der Waals surface area contributed by atoms with Crippen LogP contribution in [0, 0.1) is 46.3 Å². The van der Waals surface area contributed by atoms with Gasteiger partial charge in [0, 0.05) is 5.92 Å². The molecule has 6 nitrogen and oxygen atoms in total. The van der Waals surface area contributed by atoms with Crippen LogP contribution in [0.25, 0.3) is 0 Å². The molecule has 3 saturated carbocycles. The van der Waals surface area contributed by atoms with Gasteiger partial charge in [-0.2, -0.15) is 8.42 Å². The highest BCUT2D eigenvalue weighted by atomic mass is 32.3. The zero-order chi connectivity index (χ0) is 24.9. The molecule has 0 bridgehead atoms. The summed E-state index contributed by atoms with van der Waals surface area (Å²) in [6.07, 6.45) is 13.7. The summed E-state index contributed by atoms with van der Waals surface area (Å²) < 4.78 is 34.7. The number of aliphatic hydroxyl groups is 1. The number of carbonyl (C=O) groups excluding carboxylic acids is 1. The lowest BCUT2D eigenvalue weighted by atomic mass is 9.47. The number of fused-ring (bicyclic) bond motifs is 5. The standard InChI is InChI=1S/C27H42O6S/c1-17(16-33-34(30,31)32)6-5-7-18(2)21-8-9-22-20-15-25(29)24-14-19(28)10-12-27(24,4)23(20)11-13-26(21,22)3/h5-6,15,17-19,21-24,28H,7-14,16H2,1-4H3,(H,30,31,32)/b6-5+/t17?,18-,19-,21-,22+,23+,24-,26-,27-/m1/s1. The first kappa shape index (κ1) is 26.1. The number of ketones is 1. The summed E-state index contributed by atoms with van der Waals surface area (Å²) in [5.41, 5.74) is 1.61. The van der Waals surface area contributed by atoms with E-state index < -0.39 is 10.4 Å². The van der Waals surface area contributed by atoms with Crippen LogP contribution in [0.2, 0.25) is 0 Å². The van der Waals surface area contributed by atoms with E-state index in [4.69, 9.17) is 4.55 Å². The zero-order valence-corrected chi connectivity index (χ0v) is 21.9. The number of carbonyl (C=O) groups is 1. The Morgan fingerprint density at radius 1 is 1.09 bits per heavy atom. The summed E-state index contributed by atoms with van der Waals surface area (Å²) in [5.74, 6) is 2.14. The second-order valence-corrected chi connectivity index (χ2v) is 13.3. The molecule has 4 aliphatic carbocycles. The molecule has 9 atom stereocenters. The van der Waals surface area contributed by atoms with Crippen LogP contribution in [0.4, 0.5) is 0 Å². The van der Waals surface area contributed by atoms with Crippen LogP contribution in [-0.4, -0.2) is 36.6 Å². The summed E-state index contributed by atoms with van der Waals surface area (Å²) in [5, 5.41) is 10.2. The number of rotatable bonds is 7. The van der Waals surface area contributed by atoms with Gasteiger partial charge in [0.2, 0.25) is 0 Å². The molecule has 3 fully saturated rings. The van der Waals surface area contributed by atoms with Crippen LogP contribution in [0.1, 0.15) is 79.1 Å². The minimum atomic E-state index is -4.40. The first-order valence-electron chi connectivity index (χ1n) is 13.1. The fraction of sp³-hybridized carbons (Fsp3) is 0.815. The normalized spacial score (nSPS) is 42.0. The Hall–Kier alpha value is -1.02. The molecule has 0 saturated heterocycles. The molecule has 0 spiro atoms. The molecule has 34 heavy (non-hydrogen) atoms. The van der Waals surface area contributed by atoms with Crippen LogP contribution < -0.4 is 0 Å². The fourth-order valence-corrected chi connectivity index (χ4v) is 8.64. The van der Waals surface area contributed by atoms with E-state index in [0.717, 1.165) is 32.1 Å². The fourth-order valence-electron chi connectivity index (χ4n) is 8.25. The molecular formula is C27H42O6S. The maximum Gasteiger partial charge on any atom is 0.397 e.